The minimum Gasteiger partial charge on any atom is -0.308 e. The van der Waals surface area contributed by atoms with Crippen LogP contribution in [-0.2, 0) is 6.54 Å². The molecule has 0 spiro atoms. The van der Waals surface area contributed by atoms with Crippen LogP contribution >= 0.6 is 33.9 Å². The predicted molar refractivity (Wildman–Crippen MR) is 88.7 cm³/mol. The molecule has 6 nitrogen and oxygen atoms in total. The fourth-order valence-corrected chi connectivity index (χ4v) is 3.53. The second-order valence-electron chi connectivity index (χ2n) is 4.45. The molecule has 0 aliphatic carbocycles. The summed E-state index contributed by atoms with van der Waals surface area (Å²) in [4.78, 5) is 11.3. The molecule has 0 fully saturated rings. The number of fused-ring (bicyclic) bond motifs is 1. The minimum absolute atomic E-state index is 0.531. The lowest BCUT2D eigenvalue weighted by Gasteiger charge is -2.06. The van der Waals surface area contributed by atoms with Crippen LogP contribution in [0.25, 0.3) is 10.2 Å². The maximum atomic E-state index is 5.60. The van der Waals surface area contributed by atoms with Crippen LogP contribution in [0.4, 0.5) is 5.82 Å². The van der Waals surface area contributed by atoms with E-state index in [2.05, 4.69) is 56.9 Å². The molecular formula is C12H13IN6S. The number of nitrogens with two attached hydrogens (primary N) is 1. The van der Waals surface area contributed by atoms with Crippen LogP contribution in [0, 0.1) is 17.4 Å². The molecule has 3 aromatic rings. The molecule has 0 unspecified atom stereocenters. The number of hydrogen-bond acceptors (Lipinski definition) is 6. The first-order valence-electron chi connectivity index (χ1n) is 5.99. The minimum atomic E-state index is 0.531. The van der Waals surface area contributed by atoms with Crippen molar-refractivity contribution in [2.75, 3.05) is 5.43 Å². The highest BCUT2D eigenvalue weighted by molar-refractivity contribution is 14.1. The Balaban J connectivity index is 2.08. The SMILES string of the molecule is Cc1sc2nc(Cn3cc(I)cn3)nc(NN)c2c1C. The number of rotatable bonds is 3. The molecule has 3 aromatic heterocycles. The van der Waals surface area contributed by atoms with Crippen molar-refractivity contribution in [3.63, 3.8) is 0 Å². The van der Waals surface area contributed by atoms with Crippen LogP contribution in [0.5, 0.6) is 0 Å². The van der Waals surface area contributed by atoms with Crippen molar-refractivity contribution in [3.05, 3.63) is 32.2 Å². The van der Waals surface area contributed by atoms with Crippen LogP contribution in [-0.4, -0.2) is 19.7 Å². The maximum Gasteiger partial charge on any atom is 0.153 e. The van der Waals surface area contributed by atoms with Crippen LogP contribution in [0.1, 0.15) is 16.3 Å². The van der Waals surface area contributed by atoms with Crippen molar-refractivity contribution in [3.8, 4) is 0 Å². The largest absolute Gasteiger partial charge is 0.308 e. The normalized spacial score (nSPS) is 11.2. The highest BCUT2D eigenvalue weighted by Gasteiger charge is 2.14. The van der Waals surface area contributed by atoms with Crippen LogP contribution in [0.15, 0.2) is 12.4 Å². The number of anilines is 1. The molecular weight excluding hydrogens is 387 g/mol. The zero-order valence-corrected chi connectivity index (χ0v) is 14.0. The molecule has 0 aromatic carbocycles. The van der Waals surface area contributed by atoms with Crippen LogP contribution in [0.2, 0.25) is 0 Å². The van der Waals surface area contributed by atoms with E-state index < -0.39 is 0 Å². The average Bonchev–Trinajstić information content (AvgIpc) is 2.94. The Morgan fingerprint density at radius 2 is 2.20 bits per heavy atom. The van der Waals surface area contributed by atoms with Crippen molar-refractivity contribution >= 4 is 50.0 Å². The van der Waals surface area contributed by atoms with Crippen molar-refractivity contribution in [1.29, 1.82) is 0 Å². The lowest BCUT2D eigenvalue weighted by molar-refractivity contribution is 0.658. The Bertz CT molecular complexity index is 778. The molecule has 3 N–H and O–H groups in total. The van der Waals surface area contributed by atoms with Gasteiger partial charge in [-0.2, -0.15) is 5.10 Å². The van der Waals surface area contributed by atoms with Crippen LogP contribution in [0.3, 0.4) is 0 Å². The molecule has 0 amide bonds. The number of aromatic nitrogens is 4. The van der Waals surface area contributed by atoms with E-state index in [-0.39, 0.29) is 0 Å². The molecule has 0 aliphatic rings. The van der Waals surface area contributed by atoms with E-state index in [4.69, 9.17) is 5.84 Å². The Morgan fingerprint density at radius 3 is 2.85 bits per heavy atom. The highest BCUT2D eigenvalue weighted by atomic mass is 127. The van der Waals surface area contributed by atoms with Gasteiger partial charge in [-0.05, 0) is 42.0 Å². The first-order valence-corrected chi connectivity index (χ1v) is 7.89. The third kappa shape index (κ3) is 2.38. The first-order chi connectivity index (χ1) is 9.58. The lowest BCUT2D eigenvalue weighted by atomic mass is 10.2. The molecule has 0 saturated heterocycles. The summed E-state index contributed by atoms with van der Waals surface area (Å²) >= 11 is 3.89. The molecule has 20 heavy (non-hydrogen) atoms. The summed E-state index contributed by atoms with van der Waals surface area (Å²) in [7, 11) is 0. The van der Waals surface area contributed by atoms with Gasteiger partial charge in [0, 0.05) is 11.1 Å². The summed E-state index contributed by atoms with van der Waals surface area (Å²) in [5.41, 5.74) is 3.86. The molecule has 3 rings (SSSR count). The van der Waals surface area contributed by atoms with E-state index in [1.165, 1.54) is 10.4 Å². The van der Waals surface area contributed by atoms with Crippen molar-refractivity contribution in [2.45, 2.75) is 20.4 Å². The van der Waals surface area contributed by atoms with E-state index in [0.717, 1.165) is 13.8 Å². The number of hydrazine groups is 1. The fraction of sp³-hybridized carbons (Fsp3) is 0.250. The molecule has 0 bridgehead atoms. The number of hydrogen-bond donors (Lipinski definition) is 2. The van der Waals surface area contributed by atoms with Gasteiger partial charge in [-0.1, -0.05) is 0 Å². The van der Waals surface area contributed by atoms with Crippen molar-refractivity contribution in [1.82, 2.24) is 19.7 Å². The summed E-state index contributed by atoms with van der Waals surface area (Å²) in [6, 6.07) is 0. The Labute approximate surface area is 133 Å². The third-order valence-corrected chi connectivity index (χ3v) is 4.78. The zero-order valence-electron chi connectivity index (χ0n) is 11.0. The second-order valence-corrected chi connectivity index (χ2v) is 6.90. The summed E-state index contributed by atoms with van der Waals surface area (Å²) in [5.74, 6) is 6.98. The topological polar surface area (TPSA) is 81.7 Å². The van der Waals surface area contributed by atoms with Gasteiger partial charge in [0.15, 0.2) is 11.6 Å². The molecule has 0 radical (unpaired) electrons. The molecule has 8 heteroatoms. The van der Waals surface area contributed by atoms with Gasteiger partial charge in [-0.3, -0.25) is 4.68 Å². The number of nitrogen functional groups attached to an aromatic ring is 1. The van der Waals surface area contributed by atoms with E-state index >= 15 is 0 Å². The molecule has 3 heterocycles. The number of nitrogens with zero attached hydrogens (tertiary/aromatic N) is 4. The van der Waals surface area contributed by atoms with Gasteiger partial charge in [0.2, 0.25) is 0 Å². The van der Waals surface area contributed by atoms with Crippen molar-refractivity contribution < 1.29 is 0 Å². The van der Waals surface area contributed by atoms with Gasteiger partial charge in [0.05, 0.1) is 15.2 Å². The lowest BCUT2D eigenvalue weighted by Crippen LogP contribution is -2.12. The van der Waals surface area contributed by atoms with E-state index in [1.807, 2.05) is 10.9 Å². The van der Waals surface area contributed by atoms with E-state index in [1.54, 1.807) is 17.5 Å². The summed E-state index contributed by atoms with van der Waals surface area (Å²) < 4.78 is 2.90. The number of halogens is 1. The van der Waals surface area contributed by atoms with Gasteiger partial charge >= 0.3 is 0 Å². The molecule has 0 saturated carbocycles. The monoisotopic (exact) mass is 400 g/mol. The van der Waals surface area contributed by atoms with E-state index in [9.17, 15) is 0 Å². The van der Waals surface area contributed by atoms with Gasteiger partial charge in [-0.15, -0.1) is 11.3 Å². The summed E-state index contributed by atoms with van der Waals surface area (Å²) in [5, 5.41) is 5.26. The smallest absolute Gasteiger partial charge is 0.153 e. The molecule has 0 atom stereocenters. The van der Waals surface area contributed by atoms with Crippen LogP contribution < -0.4 is 11.3 Å². The second kappa shape index (κ2) is 5.26. The third-order valence-electron chi connectivity index (χ3n) is 3.12. The van der Waals surface area contributed by atoms with Gasteiger partial charge in [-0.25, -0.2) is 15.8 Å². The maximum absolute atomic E-state index is 5.60. The van der Waals surface area contributed by atoms with E-state index in [0.29, 0.717) is 18.2 Å². The van der Waals surface area contributed by atoms with Crippen molar-refractivity contribution in [2.24, 2.45) is 5.84 Å². The fourth-order valence-electron chi connectivity index (χ4n) is 2.04. The molecule has 104 valence electrons. The Morgan fingerprint density at radius 1 is 1.40 bits per heavy atom. The summed E-state index contributed by atoms with van der Waals surface area (Å²) in [6.45, 7) is 4.68. The predicted octanol–water partition coefficient (Wildman–Crippen LogP) is 2.44. The Kier molecular flexibility index (Phi) is 3.61. The zero-order chi connectivity index (χ0) is 14.3. The number of aryl methyl sites for hydroxylation is 2. The quantitative estimate of drug-likeness (QED) is 0.401. The number of thiophene rings is 1. The summed E-state index contributed by atoms with van der Waals surface area (Å²) in [6.07, 6.45) is 3.76. The number of nitrogens with one attached hydrogen (secondary N) is 1. The standard InChI is InChI=1S/C12H13IN6S/c1-6-7(2)20-12-10(6)11(18-14)16-9(17-12)5-19-4-8(13)3-15-19/h3-4H,5,14H2,1-2H3,(H,16,17,18). The van der Waals surface area contributed by atoms with Gasteiger partial charge < -0.3 is 5.43 Å². The Hall–Kier alpha value is -1.26. The van der Waals surface area contributed by atoms with Gasteiger partial charge in [0.1, 0.15) is 11.4 Å². The average molecular weight is 400 g/mol. The van der Waals surface area contributed by atoms with Gasteiger partial charge in [0.25, 0.3) is 0 Å². The highest BCUT2D eigenvalue weighted by Crippen LogP contribution is 2.32. The first kappa shape index (κ1) is 13.7. The molecule has 0 aliphatic heterocycles.